The van der Waals surface area contributed by atoms with E-state index < -0.39 is 0 Å². The molecule has 1 aromatic heterocycles. The summed E-state index contributed by atoms with van der Waals surface area (Å²) in [5, 5.41) is 3.71. The van der Waals surface area contributed by atoms with E-state index >= 15 is 0 Å². The van der Waals surface area contributed by atoms with Gasteiger partial charge in [0.2, 0.25) is 0 Å². The smallest absolute Gasteiger partial charge is 0.0630 e. The summed E-state index contributed by atoms with van der Waals surface area (Å²) in [6.45, 7) is 3.28. The lowest BCUT2D eigenvalue weighted by Crippen LogP contribution is -2.22. The minimum absolute atomic E-state index is 0.492. The van der Waals surface area contributed by atoms with Crippen molar-refractivity contribution >= 4 is 23.1 Å². The summed E-state index contributed by atoms with van der Waals surface area (Å²) < 4.78 is 0. The number of likely N-dealkylation sites (N-methyl/N-ethyl adjacent to an activating group) is 1. The van der Waals surface area contributed by atoms with Crippen molar-refractivity contribution in [2.45, 2.75) is 50.8 Å². The van der Waals surface area contributed by atoms with Gasteiger partial charge in [-0.15, -0.1) is 11.3 Å². The van der Waals surface area contributed by atoms with Gasteiger partial charge in [-0.1, -0.05) is 18.6 Å². The number of thiophene rings is 1. The first kappa shape index (κ1) is 13.7. The maximum atomic E-state index is 3.71. The molecule has 0 radical (unpaired) electrons. The van der Waals surface area contributed by atoms with Gasteiger partial charge in [-0.3, -0.25) is 0 Å². The van der Waals surface area contributed by atoms with Crippen molar-refractivity contribution in [2.24, 2.45) is 0 Å². The standard InChI is InChI=1S/C16H23NS2/c1-2-17-16(12-6-4-3-5-7-12)15-10-13-11-18-9-8-14(13)19-15/h6,10,16-17H,2-5,7-9,11H2,1H3. The van der Waals surface area contributed by atoms with Crippen LogP contribution in [-0.4, -0.2) is 12.3 Å². The first-order valence-electron chi connectivity index (χ1n) is 7.50. The predicted octanol–water partition coefficient (Wildman–Crippen LogP) is 4.69. The third-order valence-electron chi connectivity index (χ3n) is 4.04. The van der Waals surface area contributed by atoms with Gasteiger partial charge in [0.15, 0.2) is 0 Å². The van der Waals surface area contributed by atoms with Crippen molar-refractivity contribution < 1.29 is 0 Å². The number of aryl methyl sites for hydroxylation is 1. The van der Waals surface area contributed by atoms with E-state index in [0.717, 1.165) is 6.54 Å². The van der Waals surface area contributed by atoms with Crippen LogP contribution in [0.3, 0.4) is 0 Å². The number of hydrogen-bond donors (Lipinski definition) is 1. The lowest BCUT2D eigenvalue weighted by Gasteiger charge is -2.23. The van der Waals surface area contributed by atoms with Crippen molar-refractivity contribution in [1.82, 2.24) is 5.32 Å². The molecule has 3 rings (SSSR count). The number of thioether (sulfide) groups is 1. The lowest BCUT2D eigenvalue weighted by molar-refractivity contribution is 0.570. The van der Waals surface area contributed by atoms with Gasteiger partial charge in [0, 0.05) is 15.5 Å². The summed E-state index contributed by atoms with van der Waals surface area (Å²) >= 11 is 4.14. The molecule has 19 heavy (non-hydrogen) atoms. The first-order chi connectivity index (χ1) is 9.38. The van der Waals surface area contributed by atoms with Gasteiger partial charge < -0.3 is 5.32 Å². The molecule has 0 aromatic carbocycles. The van der Waals surface area contributed by atoms with Gasteiger partial charge in [-0.2, -0.15) is 11.8 Å². The fourth-order valence-corrected chi connectivity index (χ4v) is 5.55. The molecule has 0 saturated carbocycles. The van der Waals surface area contributed by atoms with E-state index in [-0.39, 0.29) is 0 Å². The van der Waals surface area contributed by atoms with Crippen molar-refractivity contribution in [2.75, 3.05) is 12.3 Å². The van der Waals surface area contributed by atoms with E-state index in [1.54, 1.807) is 20.9 Å². The fraction of sp³-hybridized carbons (Fsp3) is 0.625. The average Bonchev–Trinajstić information content (AvgIpc) is 2.89. The van der Waals surface area contributed by atoms with Crippen molar-refractivity contribution in [1.29, 1.82) is 0 Å². The predicted molar refractivity (Wildman–Crippen MR) is 87.2 cm³/mol. The van der Waals surface area contributed by atoms with Crippen molar-refractivity contribution in [3.8, 4) is 0 Å². The molecule has 0 bridgehead atoms. The molecule has 1 aliphatic heterocycles. The second-order valence-electron chi connectivity index (χ2n) is 5.42. The highest BCUT2D eigenvalue weighted by atomic mass is 32.2. The highest BCUT2D eigenvalue weighted by Crippen LogP contribution is 2.38. The number of nitrogens with one attached hydrogen (secondary N) is 1. The molecule has 104 valence electrons. The Morgan fingerprint density at radius 3 is 3.00 bits per heavy atom. The van der Waals surface area contributed by atoms with Crippen LogP contribution < -0.4 is 5.32 Å². The molecule has 1 aromatic rings. The van der Waals surface area contributed by atoms with Crippen molar-refractivity contribution in [3.63, 3.8) is 0 Å². The van der Waals surface area contributed by atoms with E-state index in [1.165, 1.54) is 43.6 Å². The van der Waals surface area contributed by atoms with Crippen LogP contribution in [0.15, 0.2) is 17.7 Å². The Kier molecular flexibility index (Phi) is 4.67. The van der Waals surface area contributed by atoms with Gasteiger partial charge in [0.1, 0.15) is 0 Å². The highest BCUT2D eigenvalue weighted by molar-refractivity contribution is 7.98. The van der Waals surface area contributed by atoms with Gasteiger partial charge >= 0.3 is 0 Å². The van der Waals surface area contributed by atoms with Gasteiger partial charge in [0.25, 0.3) is 0 Å². The van der Waals surface area contributed by atoms with Crippen LogP contribution in [0.1, 0.15) is 54.0 Å². The Balaban J connectivity index is 1.86. The molecular weight excluding hydrogens is 270 g/mol. The number of fused-ring (bicyclic) bond motifs is 1. The molecule has 3 heteroatoms. The Morgan fingerprint density at radius 1 is 1.32 bits per heavy atom. The minimum Gasteiger partial charge on any atom is -0.306 e. The SMILES string of the molecule is CCNC(C1=CCCCC1)c1cc2c(s1)CCSC2. The fourth-order valence-electron chi connectivity index (χ4n) is 3.06. The lowest BCUT2D eigenvalue weighted by atomic mass is 9.93. The minimum atomic E-state index is 0.492. The summed E-state index contributed by atoms with van der Waals surface area (Å²) in [6.07, 6.45) is 9.08. The molecule has 0 amide bonds. The highest BCUT2D eigenvalue weighted by Gasteiger charge is 2.22. The topological polar surface area (TPSA) is 12.0 Å². The van der Waals surface area contributed by atoms with Crippen LogP contribution in [0.4, 0.5) is 0 Å². The summed E-state index contributed by atoms with van der Waals surface area (Å²) in [4.78, 5) is 3.20. The van der Waals surface area contributed by atoms with E-state index in [2.05, 4.69) is 47.5 Å². The number of allylic oxidation sites excluding steroid dienone is 1. The van der Waals surface area contributed by atoms with Crippen LogP contribution >= 0.6 is 23.1 Å². The molecule has 2 aliphatic rings. The maximum absolute atomic E-state index is 3.71. The largest absolute Gasteiger partial charge is 0.306 e. The molecule has 1 nitrogen and oxygen atoms in total. The zero-order chi connectivity index (χ0) is 13.1. The Bertz CT molecular complexity index is 438. The number of hydrogen-bond acceptors (Lipinski definition) is 3. The van der Waals surface area contributed by atoms with Crippen LogP contribution in [0.25, 0.3) is 0 Å². The molecule has 2 heterocycles. The van der Waals surface area contributed by atoms with Crippen LogP contribution in [0.2, 0.25) is 0 Å². The van der Waals surface area contributed by atoms with Gasteiger partial charge in [-0.05, 0) is 56.0 Å². The zero-order valence-electron chi connectivity index (χ0n) is 11.7. The third-order valence-corrected chi connectivity index (χ3v) is 6.35. The average molecular weight is 294 g/mol. The Morgan fingerprint density at radius 2 is 2.26 bits per heavy atom. The molecule has 1 N–H and O–H groups in total. The Hall–Kier alpha value is -0.250. The molecule has 1 aliphatic carbocycles. The summed E-state index contributed by atoms with van der Waals surface area (Å²) in [7, 11) is 0. The summed E-state index contributed by atoms with van der Waals surface area (Å²) in [5.41, 5.74) is 3.25. The molecule has 0 spiro atoms. The monoisotopic (exact) mass is 293 g/mol. The second kappa shape index (κ2) is 6.47. The van der Waals surface area contributed by atoms with E-state index in [4.69, 9.17) is 0 Å². The van der Waals surface area contributed by atoms with Crippen LogP contribution in [-0.2, 0) is 12.2 Å². The molecule has 1 unspecified atom stereocenters. The van der Waals surface area contributed by atoms with Gasteiger partial charge in [-0.25, -0.2) is 0 Å². The molecule has 1 atom stereocenters. The normalized spacial score (nSPS) is 20.8. The molecule has 0 saturated heterocycles. The van der Waals surface area contributed by atoms with Gasteiger partial charge in [0.05, 0.1) is 6.04 Å². The quantitative estimate of drug-likeness (QED) is 0.808. The van der Waals surface area contributed by atoms with E-state index in [9.17, 15) is 0 Å². The van der Waals surface area contributed by atoms with E-state index in [0.29, 0.717) is 6.04 Å². The van der Waals surface area contributed by atoms with Crippen molar-refractivity contribution in [3.05, 3.63) is 33.0 Å². The maximum Gasteiger partial charge on any atom is 0.0630 e. The number of rotatable bonds is 4. The molecule has 0 fully saturated rings. The van der Waals surface area contributed by atoms with E-state index in [1.807, 2.05) is 0 Å². The third kappa shape index (κ3) is 3.09. The van der Waals surface area contributed by atoms with Crippen LogP contribution in [0.5, 0.6) is 0 Å². The first-order valence-corrected chi connectivity index (χ1v) is 9.47. The summed E-state index contributed by atoms with van der Waals surface area (Å²) in [5.74, 6) is 2.53. The second-order valence-corrected chi connectivity index (χ2v) is 7.69. The Labute approximate surface area is 124 Å². The molecular formula is C16H23NS2. The zero-order valence-corrected chi connectivity index (χ0v) is 13.3. The van der Waals surface area contributed by atoms with Crippen LogP contribution in [0, 0.1) is 0 Å². The summed E-state index contributed by atoms with van der Waals surface area (Å²) in [6, 6.07) is 2.97.